The number of esters is 1. The van der Waals surface area contributed by atoms with Crippen LogP contribution in [0.5, 0.6) is 11.5 Å². The Morgan fingerprint density at radius 3 is 2.66 bits per heavy atom. The Kier molecular flexibility index (Phi) is 6.94. The maximum atomic E-state index is 12.2. The number of fused-ring (bicyclic) bond motifs is 1. The third-order valence-electron chi connectivity index (χ3n) is 6.78. The number of hydrogen-bond acceptors (Lipinski definition) is 7. The summed E-state index contributed by atoms with van der Waals surface area (Å²) in [4.78, 5) is 12.2. The van der Waals surface area contributed by atoms with Gasteiger partial charge in [0.15, 0.2) is 0 Å². The molecule has 1 aromatic carbocycles. The van der Waals surface area contributed by atoms with Crippen molar-refractivity contribution in [3.8, 4) is 11.5 Å². The van der Waals surface area contributed by atoms with Crippen molar-refractivity contribution in [2.45, 2.75) is 103 Å². The molecule has 4 N–H and O–H groups in total. The van der Waals surface area contributed by atoms with Crippen molar-refractivity contribution < 1.29 is 34.7 Å². The van der Waals surface area contributed by atoms with Crippen LogP contribution in [-0.2, 0) is 22.3 Å². The summed E-state index contributed by atoms with van der Waals surface area (Å²) >= 11 is 0. The Morgan fingerprint density at radius 1 is 1.34 bits per heavy atom. The molecule has 0 aromatic heterocycles. The molecule has 7 nitrogen and oxygen atoms in total. The predicted octanol–water partition coefficient (Wildman–Crippen LogP) is 3.54. The fourth-order valence-corrected chi connectivity index (χ4v) is 4.65. The topological polar surface area (TPSA) is 116 Å². The van der Waals surface area contributed by atoms with E-state index in [2.05, 4.69) is 0 Å². The number of cyclic esters (lactones) is 1. The third-order valence-corrected chi connectivity index (χ3v) is 6.78. The van der Waals surface area contributed by atoms with Gasteiger partial charge in [-0.1, -0.05) is 11.6 Å². The molecule has 178 valence electrons. The number of ether oxygens (including phenoxy) is 2. The largest absolute Gasteiger partial charge is 0.508 e. The number of carbonyl (C=O) groups is 1. The lowest BCUT2D eigenvalue weighted by Gasteiger charge is -2.33. The molecule has 2 aliphatic heterocycles. The number of hydrogen-bond donors (Lipinski definition) is 4. The molecule has 0 aliphatic carbocycles. The quantitative estimate of drug-likeness (QED) is 0.372. The fourth-order valence-electron chi connectivity index (χ4n) is 4.65. The highest BCUT2D eigenvalue weighted by Crippen LogP contribution is 2.39. The molecule has 3 rings (SSSR count). The van der Waals surface area contributed by atoms with Gasteiger partial charge in [-0.2, -0.15) is 0 Å². The van der Waals surface area contributed by atoms with Gasteiger partial charge in [-0.25, -0.2) is 4.79 Å². The Morgan fingerprint density at radius 2 is 2.03 bits per heavy atom. The molecule has 2 heterocycles. The normalized spacial score (nSPS) is 27.2. The van der Waals surface area contributed by atoms with Gasteiger partial charge in [0.2, 0.25) is 0 Å². The van der Waals surface area contributed by atoms with Crippen LogP contribution >= 0.6 is 0 Å². The fraction of sp³-hybridized carbons (Fsp3) is 0.640. The number of rotatable bonds is 7. The van der Waals surface area contributed by atoms with Crippen LogP contribution in [-0.4, -0.2) is 55.9 Å². The van der Waals surface area contributed by atoms with Gasteiger partial charge in [0.05, 0.1) is 23.4 Å². The molecule has 32 heavy (non-hydrogen) atoms. The predicted molar refractivity (Wildman–Crippen MR) is 120 cm³/mol. The Labute approximate surface area is 189 Å². The van der Waals surface area contributed by atoms with Gasteiger partial charge in [-0.3, -0.25) is 0 Å². The van der Waals surface area contributed by atoms with Crippen molar-refractivity contribution in [3.05, 3.63) is 34.4 Å². The third kappa shape index (κ3) is 5.11. The highest BCUT2D eigenvalue weighted by Gasteiger charge is 2.46. The molecule has 0 bridgehead atoms. The summed E-state index contributed by atoms with van der Waals surface area (Å²) in [6, 6.07) is 1.19. The molecule has 1 saturated heterocycles. The first kappa shape index (κ1) is 24.6. The standard InChI is InChI=1S/C25H36O7/c1-14(7-9-20(28)25(5)11-10-21(32-25)24(3,4)30)6-8-16-17-12-15(2)31-23(29)22(17)19(27)13-18(16)26/h6,13,15,20-21,26-28,30H,7-12H2,1-5H3. The molecular weight excluding hydrogens is 412 g/mol. The molecule has 0 spiro atoms. The number of allylic oxidation sites excluding steroid dienone is 2. The second-order valence-corrected chi connectivity index (χ2v) is 10.1. The van der Waals surface area contributed by atoms with Crippen LogP contribution in [0.2, 0.25) is 0 Å². The van der Waals surface area contributed by atoms with E-state index in [0.717, 1.165) is 5.57 Å². The summed E-state index contributed by atoms with van der Waals surface area (Å²) in [5.41, 5.74) is 0.778. The summed E-state index contributed by atoms with van der Waals surface area (Å²) < 4.78 is 11.2. The monoisotopic (exact) mass is 448 g/mol. The minimum atomic E-state index is -0.942. The van der Waals surface area contributed by atoms with Crippen LogP contribution in [0, 0.1) is 0 Å². The molecular formula is C25H36O7. The van der Waals surface area contributed by atoms with E-state index in [1.54, 1.807) is 20.8 Å². The average Bonchev–Trinajstić information content (AvgIpc) is 3.09. The lowest BCUT2D eigenvalue weighted by Crippen LogP contribution is -2.43. The van der Waals surface area contributed by atoms with Crippen molar-refractivity contribution >= 4 is 5.97 Å². The van der Waals surface area contributed by atoms with E-state index in [4.69, 9.17) is 9.47 Å². The smallest absolute Gasteiger partial charge is 0.342 e. The molecule has 1 aromatic rings. The van der Waals surface area contributed by atoms with E-state index in [1.165, 1.54) is 6.07 Å². The van der Waals surface area contributed by atoms with Crippen molar-refractivity contribution in [1.29, 1.82) is 0 Å². The van der Waals surface area contributed by atoms with Gasteiger partial charge in [-0.15, -0.1) is 0 Å². The van der Waals surface area contributed by atoms with Crippen molar-refractivity contribution in [1.82, 2.24) is 0 Å². The molecule has 2 aliphatic rings. The van der Waals surface area contributed by atoms with Gasteiger partial charge in [-0.05, 0) is 72.3 Å². The number of phenols is 2. The number of carbonyl (C=O) groups excluding carboxylic acids is 1. The maximum absolute atomic E-state index is 12.2. The number of aromatic hydroxyl groups is 2. The van der Waals surface area contributed by atoms with Gasteiger partial charge < -0.3 is 29.9 Å². The van der Waals surface area contributed by atoms with E-state index in [-0.39, 0.29) is 29.3 Å². The van der Waals surface area contributed by atoms with Crippen LogP contribution in [0.25, 0.3) is 0 Å². The molecule has 0 radical (unpaired) electrons. The first-order valence-corrected chi connectivity index (χ1v) is 11.3. The second kappa shape index (κ2) is 9.04. The molecule has 1 fully saturated rings. The minimum Gasteiger partial charge on any atom is -0.508 e. The van der Waals surface area contributed by atoms with Crippen molar-refractivity contribution in [2.24, 2.45) is 0 Å². The number of benzene rings is 1. The first-order valence-electron chi connectivity index (χ1n) is 11.3. The Hall–Kier alpha value is -2.09. The Bertz CT molecular complexity index is 899. The molecule has 7 heteroatoms. The second-order valence-electron chi connectivity index (χ2n) is 10.1. The highest BCUT2D eigenvalue weighted by molar-refractivity contribution is 5.96. The van der Waals surface area contributed by atoms with Gasteiger partial charge >= 0.3 is 5.97 Å². The molecule has 4 unspecified atom stereocenters. The van der Waals surface area contributed by atoms with Gasteiger partial charge in [0.1, 0.15) is 23.2 Å². The number of aliphatic hydroxyl groups excluding tert-OH is 1. The van der Waals surface area contributed by atoms with Crippen LogP contribution < -0.4 is 0 Å². The number of aliphatic hydroxyl groups is 2. The summed E-state index contributed by atoms with van der Waals surface area (Å²) in [5.74, 6) is -0.886. The summed E-state index contributed by atoms with van der Waals surface area (Å²) in [5, 5.41) is 41.5. The van der Waals surface area contributed by atoms with E-state index in [9.17, 15) is 25.2 Å². The lowest BCUT2D eigenvalue weighted by atomic mass is 9.89. The van der Waals surface area contributed by atoms with Crippen LogP contribution in [0.4, 0.5) is 0 Å². The van der Waals surface area contributed by atoms with Crippen LogP contribution in [0.1, 0.15) is 81.8 Å². The summed E-state index contributed by atoms with van der Waals surface area (Å²) in [6.07, 6.45) is 4.09. The van der Waals surface area contributed by atoms with Crippen LogP contribution in [0.15, 0.2) is 17.7 Å². The zero-order chi connectivity index (χ0) is 23.8. The van der Waals surface area contributed by atoms with E-state index in [1.807, 2.05) is 19.9 Å². The molecule has 0 amide bonds. The zero-order valence-corrected chi connectivity index (χ0v) is 19.6. The zero-order valence-electron chi connectivity index (χ0n) is 19.6. The average molecular weight is 449 g/mol. The van der Waals surface area contributed by atoms with Crippen molar-refractivity contribution in [3.63, 3.8) is 0 Å². The van der Waals surface area contributed by atoms with Crippen molar-refractivity contribution in [2.75, 3.05) is 0 Å². The van der Waals surface area contributed by atoms with E-state index < -0.39 is 23.3 Å². The summed E-state index contributed by atoms with van der Waals surface area (Å²) in [7, 11) is 0. The number of phenolic OH excluding ortho intramolecular Hbond substituents is 2. The highest BCUT2D eigenvalue weighted by atomic mass is 16.5. The van der Waals surface area contributed by atoms with Gasteiger partial charge in [0, 0.05) is 18.1 Å². The van der Waals surface area contributed by atoms with E-state index in [0.29, 0.717) is 49.7 Å². The van der Waals surface area contributed by atoms with E-state index >= 15 is 0 Å². The lowest BCUT2D eigenvalue weighted by molar-refractivity contribution is -0.153. The maximum Gasteiger partial charge on any atom is 0.342 e. The van der Waals surface area contributed by atoms with Crippen LogP contribution in [0.3, 0.4) is 0 Å². The first-order chi connectivity index (χ1) is 14.8. The SMILES string of the molecule is CC(=CCc1c(O)cc(O)c2c1CC(C)OC2=O)CCC(O)C1(C)CCC(C(C)(C)O)O1. The molecule has 0 saturated carbocycles. The van der Waals surface area contributed by atoms with Gasteiger partial charge in [0.25, 0.3) is 0 Å². The Balaban J connectivity index is 1.66. The minimum absolute atomic E-state index is 0.0447. The summed E-state index contributed by atoms with van der Waals surface area (Å²) in [6.45, 7) is 9.08. The molecule has 4 atom stereocenters.